The maximum atomic E-state index is 12.1. The highest BCUT2D eigenvalue weighted by atomic mass is 32.2. The average Bonchev–Trinajstić information content (AvgIpc) is 2.93. The van der Waals surface area contributed by atoms with Crippen LogP contribution in [0.2, 0.25) is 0 Å². The predicted octanol–water partition coefficient (Wildman–Crippen LogP) is 5.17. The molecule has 0 atom stereocenters. The van der Waals surface area contributed by atoms with Crippen molar-refractivity contribution in [2.45, 2.75) is 45.6 Å². The second-order valence-corrected chi connectivity index (χ2v) is 9.67. The van der Waals surface area contributed by atoms with Crippen molar-refractivity contribution >= 4 is 32.3 Å². The van der Waals surface area contributed by atoms with Gasteiger partial charge in [0.2, 0.25) is 10.0 Å². The summed E-state index contributed by atoms with van der Waals surface area (Å²) in [7, 11) is -3.31. The van der Waals surface area contributed by atoms with Gasteiger partial charge in [0.1, 0.15) is 5.75 Å². The van der Waals surface area contributed by atoms with Gasteiger partial charge < -0.3 is 15.0 Å². The molecule has 4 rings (SSSR count). The van der Waals surface area contributed by atoms with Crippen molar-refractivity contribution in [3.63, 3.8) is 0 Å². The molecule has 0 radical (unpaired) electrons. The van der Waals surface area contributed by atoms with Gasteiger partial charge in [-0.15, -0.1) is 0 Å². The molecule has 0 spiro atoms. The van der Waals surface area contributed by atoms with Crippen LogP contribution in [-0.4, -0.2) is 25.3 Å². The summed E-state index contributed by atoms with van der Waals surface area (Å²) in [6, 6.07) is 14.0. The summed E-state index contributed by atoms with van der Waals surface area (Å²) in [5.74, 6) is 0.954. The van der Waals surface area contributed by atoms with E-state index >= 15 is 0 Å². The third-order valence-electron chi connectivity index (χ3n) is 5.67. The Bertz CT molecular complexity index is 1150. The highest BCUT2D eigenvalue weighted by Gasteiger charge is 2.27. The fraction of sp³-hybridized carbons (Fsp3) is 0.391. The highest BCUT2D eigenvalue weighted by Crippen LogP contribution is 2.44. The number of hydrogen-bond acceptors (Lipinski definition) is 4. The van der Waals surface area contributed by atoms with Crippen LogP contribution in [0.25, 0.3) is 22.2 Å². The number of ether oxygens (including phenoxy) is 1. The molecule has 0 aliphatic heterocycles. The summed E-state index contributed by atoms with van der Waals surface area (Å²) < 4.78 is 34.8. The van der Waals surface area contributed by atoms with Gasteiger partial charge in [-0.05, 0) is 56.9 Å². The van der Waals surface area contributed by atoms with E-state index in [1.165, 1.54) is 6.42 Å². The number of hydrogen-bond donors (Lipinski definition) is 2. The van der Waals surface area contributed by atoms with Gasteiger partial charge in [-0.25, -0.2) is 8.42 Å². The first-order valence-electron chi connectivity index (χ1n) is 10.6. The monoisotopic (exact) mass is 427 g/mol. The molecule has 7 heteroatoms. The van der Waals surface area contributed by atoms with E-state index in [0.29, 0.717) is 24.8 Å². The van der Waals surface area contributed by atoms with Crippen molar-refractivity contribution < 1.29 is 13.2 Å². The molecule has 30 heavy (non-hydrogen) atoms. The van der Waals surface area contributed by atoms with Crippen LogP contribution in [-0.2, 0) is 10.0 Å². The maximum absolute atomic E-state index is 12.1. The van der Waals surface area contributed by atoms with Gasteiger partial charge in [0.15, 0.2) is 0 Å². The van der Waals surface area contributed by atoms with Gasteiger partial charge in [-0.2, -0.15) is 0 Å². The number of benzene rings is 2. The van der Waals surface area contributed by atoms with E-state index < -0.39 is 10.0 Å². The van der Waals surface area contributed by atoms with Crippen LogP contribution in [0.1, 0.15) is 45.6 Å². The number of nitrogens with zero attached hydrogens (tertiary/aromatic N) is 1. The molecule has 1 aliphatic carbocycles. The minimum atomic E-state index is -3.31. The molecule has 160 valence electrons. The molecule has 3 N–H and O–H groups in total. The Morgan fingerprint density at radius 2 is 1.87 bits per heavy atom. The largest absolute Gasteiger partial charge is 0.494 e. The molecule has 1 aliphatic rings. The molecular formula is C23H29N3O3S. The minimum absolute atomic E-state index is 0.111. The summed E-state index contributed by atoms with van der Waals surface area (Å²) in [6.45, 7) is 4.44. The molecule has 0 amide bonds. The number of nitrogen functional groups attached to an aromatic ring is 1. The van der Waals surface area contributed by atoms with Crippen molar-refractivity contribution in [1.29, 1.82) is 0 Å². The molecule has 1 aromatic heterocycles. The molecule has 1 saturated carbocycles. The second kappa shape index (κ2) is 8.22. The summed E-state index contributed by atoms with van der Waals surface area (Å²) in [6.07, 6.45) is 4.05. The molecule has 3 aromatic rings. The van der Waals surface area contributed by atoms with Crippen molar-refractivity contribution in [3.05, 3.63) is 42.5 Å². The van der Waals surface area contributed by atoms with Crippen LogP contribution in [0.15, 0.2) is 42.5 Å². The zero-order chi connectivity index (χ0) is 21.3. The number of nitrogens with two attached hydrogens (primary N) is 1. The van der Waals surface area contributed by atoms with Gasteiger partial charge in [0.25, 0.3) is 0 Å². The summed E-state index contributed by atoms with van der Waals surface area (Å²) in [5.41, 5.74) is 11.0. The lowest BCUT2D eigenvalue weighted by molar-refractivity contribution is 0.323. The molecular weight excluding hydrogens is 398 g/mol. The van der Waals surface area contributed by atoms with Crippen LogP contribution < -0.4 is 15.2 Å². The lowest BCUT2D eigenvalue weighted by Crippen LogP contribution is -2.18. The van der Waals surface area contributed by atoms with Gasteiger partial charge in [0, 0.05) is 28.7 Å². The molecule has 0 bridgehead atoms. The predicted molar refractivity (Wildman–Crippen MR) is 124 cm³/mol. The Morgan fingerprint density at radius 1 is 1.13 bits per heavy atom. The van der Waals surface area contributed by atoms with Crippen LogP contribution in [0.5, 0.6) is 5.75 Å². The third-order valence-corrected chi connectivity index (χ3v) is 7.16. The van der Waals surface area contributed by atoms with Crippen molar-refractivity contribution in [2.75, 3.05) is 22.8 Å². The van der Waals surface area contributed by atoms with Crippen LogP contribution in [0.3, 0.4) is 0 Å². The number of sulfonamides is 1. The Labute approximate surface area is 178 Å². The highest BCUT2D eigenvalue weighted by molar-refractivity contribution is 7.92. The smallest absolute Gasteiger partial charge is 0.232 e. The van der Waals surface area contributed by atoms with Gasteiger partial charge in [0.05, 0.1) is 29.3 Å². The molecule has 6 nitrogen and oxygen atoms in total. The Morgan fingerprint density at radius 3 is 2.47 bits per heavy atom. The molecule has 1 heterocycles. The summed E-state index contributed by atoms with van der Waals surface area (Å²) in [4.78, 5) is 0. The Balaban J connectivity index is 1.77. The number of rotatable bonds is 8. The van der Waals surface area contributed by atoms with E-state index in [1.54, 1.807) is 12.1 Å². The summed E-state index contributed by atoms with van der Waals surface area (Å²) >= 11 is 0. The fourth-order valence-corrected chi connectivity index (χ4v) is 5.22. The first kappa shape index (κ1) is 20.6. The van der Waals surface area contributed by atoms with E-state index in [-0.39, 0.29) is 5.75 Å². The number of anilines is 2. The van der Waals surface area contributed by atoms with Gasteiger partial charge >= 0.3 is 0 Å². The van der Waals surface area contributed by atoms with Gasteiger partial charge in [-0.3, -0.25) is 4.72 Å². The molecule has 1 fully saturated rings. The zero-order valence-electron chi connectivity index (χ0n) is 17.5. The minimum Gasteiger partial charge on any atom is -0.494 e. The van der Waals surface area contributed by atoms with E-state index in [4.69, 9.17) is 10.5 Å². The zero-order valence-corrected chi connectivity index (χ0v) is 18.3. The van der Waals surface area contributed by atoms with Crippen LogP contribution in [0.4, 0.5) is 11.4 Å². The quantitative estimate of drug-likeness (QED) is 0.519. The first-order chi connectivity index (χ1) is 14.4. The van der Waals surface area contributed by atoms with Crippen molar-refractivity contribution in [3.8, 4) is 17.0 Å². The lowest BCUT2D eigenvalue weighted by atomic mass is 9.92. The maximum Gasteiger partial charge on any atom is 0.232 e. The number of nitrogens with one attached hydrogen (secondary N) is 1. The standard InChI is InChI=1S/C23H29N3O3S/c1-3-14-30(27,28)25-17-10-8-16(9-11-17)23-22(24)20-13-12-19(29-4-2)15-21(20)26(23)18-6-5-7-18/h8-13,15,18,25H,3-7,14,24H2,1-2H3. The van der Waals surface area contributed by atoms with E-state index in [0.717, 1.165) is 46.4 Å². The first-order valence-corrected chi connectivity index (χ1v) is 12.3. The van der Waals surface area contributed by atoms with Crippen molar-refractivity contribution in [1.82, 2.24) is 4.57 Å². The SMILES string of the molecule is CCCS(=O)(=O)Nc1ccc(-c2c(N)c3ccc(OCC)cc3n2C2CCC2)cc1. The Hall–Kier alpha value is -2.67. The van der Waals surface area contributed by atoms with E-state index in [1.807, 2.05) is 38.1 Å². The van der Waals surface area contributed by atoms with Crippen LogP contribution >= 0.6 is 0 Å². The van der Waals surface area contributed by atoms with Crippen LogP contribution in [0, 0.1) is 0 Å². The number of aromatic nitrogens is 1. The number of fused-ring (bicyclic) bond motifs is 1. The Kier molecular flexibility index (Phi) is 5.64. The topological polar surface area (TPSA) is 86.3 Å². The van der Waals surface area contributed by atoms with Crippen molar-refractivity contribution in [2.24, 2.45) is 0 Å². The second-order valence-electron chi connectivity index (χ2n) is 7.83. The third kappa shape index (κ3) is 3.86. The molecule has 2 aromatic carbocycles. The molecule has 0 saturated heterocycles. The summed E-state index contributed by atoms with van der Waals surface area (Å²) in [5, 5.41) is 1.02. The van der Waals surface area contributed by atoms with E-state index in [2.05, 4.69) is 15.4 Å². The lowest BCUT2D eigenvalue weighted by Gasteiger charge is -2.30. The fourth-order valence-electron chi connectivity index (χ4n) is 4.09. The van der Waals surface area contributed by atoms with E-state index in [9.17, 15) is 8.42 Å². The normalized spacial score (nSPS) is 14.6. The van der Waals surface area contributed by atoms with Gasteiger partial charge in [-0.1, -0.05) is 19.1 Å². The average molecular weight is 428 g/mol. The molecule has 0 unspecified atom stereocenters.